The number of carbonyl (C=O) groups is 2. The van der Waals surface area contributed by atoms with Crippen LogP contribution in [0, 0.1) is 5.41 Å². The van der Waals surface area contributed by atoms with Gasteiger partial charge in [0.15, 0.2) is 0 Å². The number of carbonyl (C=O) groups excluding carboxylic acids is 2. The van der Waals surface area contributed by atoms with E-state index in [9.17, 15) is 14.7 Å². The van der Waals surface area contributed by atoms with Gasteiger partial charge in [-0.05, 0) is 31.4 Å². The van der Waals surface area contributed by atoms with Gasteiger partial charge in [0.1, 0.15) is 5.69 Å². The van der Waals surface area contributed by atoms with Crippen LogP contribution in [0.15, 0.2) is 18.3 Å². The number of H-pyrrole nitrogens is 1. The third kappa shape index (κ3) is 3.68. The molecule has 4 heterocycles. The first-order valence-corrected chi connectivity index (χ1v) is 10.3. The standard InChI is InChI=1S/C20H30N4O4/c25-15-20-4-2-7-24(18(26)14-22-9-11-28-12-10-22)17(20)13-23(8-5-20)19(27)16-3-1-6-21-16/h1,3,6,17,21,25H,2,4-5,7-15H2/t17-,20-/m0/s1. The van der Waals surface area contributed by atoms with Gasteiger partial charge in [0.05, 0.1) is 32.4 Å². The molecule has 28 heavy (non-hydrogen) atoms. The largest absolute Gasteiger partial charge is 0.396 e. The maximum absolute atomic E-state index is 13.1. The number of ether oxygens (including phenoxy) is 1. The maximum atomic E-state index is 13.1. The minimum atomic E-state index is -0.300. The summed E-state index contributed by atoms with van der Waals surface area (Å²) in [5, 5.41) is 10.2. The van der Waals surface area contributed by atoms with Gasteiger partial charge in [0.2, 0.25) is 5.91 Å². The number of nitrogens with one attached hydrogen (secondary N) is 1. The number of aliphatic hydroxyl groups is 1. The van der Waals surface area contributed by atoms with Crippen molar-refractivity contribution in [2.75, 3.05) is 59.1 Å². The van der Waals surface area contributed by atoms with Gasteiger partial charge in [-0.3, -0.25) is 14.5 Å². The summed E-state index contributed by atoms with van der Waals surface area (Å²) in [6, 6.07) is 3.46. The lowest BCUT2D eigenvalue weighted by Gasteiger charge is -2.54. The molecule has 2 atom stereocenters. The highest BCUT2D eigenvalue weighted by atomic mass is 16.5. The van der Waals surface area contributed by atoms with E-state index in [0.29, 0.717) is 45.1 Å². The third-order valence-electron chi connectivity index (χ3n) is 6.64. The van der Waals surface area contributed by atoms with E-state index in [1.165, 1.54) is 0 Å². The molecule has 154 valence electrons. The van der Waals surface area contributed by atoms with Crippen LogP contribution < -0.4 is 0 Å². The minimum absolute atomic E-state index is 0.0392. The van der Waals surface area contributed by atoms with Crippen LogP contribution in [0.4, 0.5) is 0 Å². The van der Waals surface area contributed by atoms with Crippen molar-refractivity contribution >= 4 is 11.8 Å². The number of morpholine rings is 1. The van der Waals surface area contributed by atoms with Crippen LogP contribution in [0.25, 0.3) is 0 Å². The van der Waals surface area contributed by atoms with Crippen LogP contribution in [0.3, 0.4) is 0 Å². The number of piperidine rings is 2. The second-order valence-electron chi connectivity index (χ2n) is 8.20. The van der Waals surface area contributed by atoms with E-state index in [1.54, 1.807) is 12.3 Å². The fourth-order valence-electron chi connectivity index (χ4n) is 4.92. The summed E-state index contributed by atoms with van der Waals surface area (Å²) in [5.41, 5.74) is 0.268. The van der Waals surface area contributed by atoms with Crippen molar-refractivity contribution in [1.29, 1.82) is 0 Å². The van der Waals surface area contributed by atoms with Gasteiger partial charge in [0.25, 0.3) is 5.91 Å². The Morgan fingerprint density at radius 1 is 1.21 bits per heavy atom. The lowest BCUT2D eigenvalue weighted by atomic mass is 9.69. The van der Waals surface area contributed by atoms with E-state index in [-0.39, 0.29) is 29.9 Å². The molecule has 1 aromatic heterocycles. The Labute approximate surface area is 165 Å². The molecule has 3 aliphatic heterocycles. The topological polar surface area (TPSA) is 89.1 Å². The Morgan fingerprint density at radius 3 is 2.75 bits per heavy atom. The molecular weight excluding hydrogens is 360 g/mol. The quantitative estimate of drug-likeness (QED) is 0.765. The highest BCUT2D eigenvalue weighted by Gasteiger charge is 2.49. The number of hydrogen-bond donors (Lipinski definition) is 2. The first kappa shape index (κ1) is 19.4. The molecule has 3 aliphatic rings. The van der Waals surface area contributed by atoms with Crippen molar-refractivity contribution in [2.45, 2.75) is 25.3 Å². The molecule has 0 unspecified atom stereocenters. The lowest BCUT2D eigenvalue weighted by molar-refractivity contribution is -0.148. The van der Waals surface area contributed by atoms with E-state index in [0.717, 1.165) is 32.4 Å². The lowest BCUT2D eigenvalue weighted by Crippen LogP contribution is -2.65. The molecule has 4 rings (SSSR count). The second-order valence-corrected chi connectivity index (χ2v) is 8.20. The first-order chi connectivity index (χ1) is 13.6. The molecule has 0 bridgehead atoms. The number of hydrogen-bond acceptors (Lipinski definition) is 5. The number of likely N-dealkylation sites (tertiary alicyclic amines) is 2. The zero-order chi connectivity index (χ0) is 19.6. The van der Waals surface area contributed by atoms with Crippen LogP contribution >= 0.6 is 0 Å². The van der Waals surface area contributed by atoms with Gasteiger partial charge in [-0.25, -0.2) is 0 Å². The summed E-state index contributed by atoms with van der Waals surface area (Å²) in [4.78, 5) is 34.8. The number of aromatic nitrogens is 1. The molecule has 1 aromatic rings. The van der Waals surface area contributed by atoms with E-state index in [1.807, 2.05) is 15.9 Å². The van der Waals surface area contributed by atoms with Gasteiger partial charge in [0, 0.05) is 44.3 Å². The summed E-state index contributed by atoms with van der Waals surface area (Å²) in [6.45, 7) is 5.09. The summed E-state index contributed by atoms with van der Waals surface area (Å²) < 4.78 is 5.38. The van der Waals surface area contributed by atoms with Gasteiger partial charge >= 0.3 is 0 Å². The highest BCUT2D eigenvalue weighted by molar-refractivity contribution is 5.92. The fourth-order valence-corrected chi connectivity index (χ4v) is 4.92. The normalized spacial score (nSPS) is 28.8. The molecule has 0 saturated carbocycles. The fraction of sp³-hybridized carbons (Fsp3) is 0.700. The van der Waals surface area contributed by atoms with Crippen molar-refractivity contribution in [3.05, 3.63) is 24.0 Å². The second kappa shape index (κ2) is 8.23. The van der Waals surface area contributed by atoms with E-state index >= 15 is 0 Å². The zero-order valence-corrected chi connectivity index (χ0v) is 16.3. The monoisotopic (exact) mass is 390 g/mol. The minimum Gasteiger partial charge on any atom is -0.396 e. The molecule has 0 aromatic carbocycles. The Bertz CT molecular complexity index is 688. The Hall–Kier alpha value is -1.90. The summed E-state index contributed by atoms with van der Waals surface area (Å²) in [7, 11) is 0. The van der Waals surface area contributed by atoms with Gasteiger partial charge < -0.3 is 24.6 Å². The molecular formula is C20H30N4O4. The molecule has 2 amide bonds. The summed E-state index contributed by atoms with van der Waals surface area (Å²) >= 11 is 0. The van der Waals surface area contributed by atoms with Crippen molar-refractivity contribution in [2.24, 2.45) is 5.41 Å². The number of nitrogens with zero attached hydrogens (tertiary/aromatic N) is 3. The average Bonchev–Trinajstić information content (AvgIpc) is 3.28. The van der Waals surface area contributed by atoms with E-state index < -0.39 is 0 Å². The SMILES string of the molecule is O=C(c1ccc[nH]1)N1CC[C@]2(CO)CCCN(C(=O)CN3CCOCC3)[C@H]2C1. The highest BCUT2D eigenvalue weighted by Crippen LogP contribution is 2.42. The van der Waals surface area contributed by atoms with Crippen molar-refractivity contribution < 1.29 is 19.4 Å². The molecule has 0 spiro atoms. The third-order valence-corrected chi connectivity index (χ3v) is 6.64. The van der Waals surface area contributed by atoms with E-state index in [4.69, 9.17) is 4.74 Å². The molecule has 0 aliphatic carbocycles. The van der Waals surface area contributed by atoms with Crippen LogP contribution in [0.5, 0.6) is 0 Å². The van der Waals surface area contributed by atoms with Gasteiger partial charge in [-0.1, -0.05) is 0 Å². The Balaban J connectivity index is 1.50. The molecule has 8 heteroatoms. The summed E-state index contributed by atoms with van der Waals surface area (Å²) in [6.07, 6.45) is 4.27. The predicted octanol–water partition coefficient (Wildman–Crippen LogP) is 0.163. The molecule has 0 radical (unpaired) electrons. The number of amides is 2. The van der Waals surface area contributed by atoms with Crippen molar-refractivity contribution in [1.82, 2.24) is 19.7 Å². The molecule has 8 nitrogen and oxygen atoms in total. The van der Waals surface area contributed by atoms with Gasteiger partial charge in [-0.2, -0.15) is 0 Å². The van der Waals surface area contributed by atoms with Crippen molar-refractivity contribution in [3.8, 4) is 0 Å². The number of aromatic amines is 1. The smallest absolute Gasteiger partial charge is 0.270 e. The Kier molecular flexibility index (Phi) is 5.70. The Morgan fingerprint density at radius 2 is 2.04 bits per heavy atom. The van der Waals surface area contributed by atoms with Crippen LogP contribution in [0.1, 0.15) is 29.8 Å². The van der Waals surface area contributed by atoms with Crippen LogP contribution in [0.2, 0.25) is 0 Å². The summed E-state index contributed by atoms with van der Waals surface area (Å²) in [5.74, 6) is 0.0567. The predicted molar refractivity (Wildman–Crippen MR) is 103 cm³/mol. The number of aliphatic hydroxyl groups excluding tert-OH is 1. The van der Waals surface area contributed by atoms with Crippen molar-refractivity contribution in [3.63, 3.8) is 0 Å². The van der Waals surface area contributed by atoms with Gasteiger partial charge in [-0.15, -0.1) is 0 Å². The number of rotatable bonds is 4. The van der Waals surface area contributed by atoms with Crippen LogP contribution in [-0.2, 0) is 9.53 Å². The number of fused-ring (bicyclic) bond motifs is 1. The average molecular weight is 390 g/mol. The van der Waals surface area contributed by atoms with Crippen LogP contribution in [-0.4, -0.2) is 102 Å². The molecule has 3 saturated heterocycles. The molecule has 2 N–H and O–H groups in total. The maximum Gasteiger partial charge on any atom is 0.270 e. The molecule has 3 fully saturated rings. The zero-order valence-electron chi connectivity index (χ0n) is 16.3. The first-order valence-electron chi connectivity index (χ1n) is 10.3. The van der Waals surface area contributed by atoms with E-state index in [2.05, 4.69) is 9.88 Å².